The second-order valence-electron chi connectivity index (χ2n) is 7.81. The molecule has 0 radical (unpaired) electrons. The van der Waals surface area contributed by atoms with E-state index < -0.39 is 0 Å². The average molecular weight is 430 g/mol. The van der Waals surface area contributed by atoms with Crippen molar-refractivity contribution in [2.75, 3.05) is 0 Å². The fraction of sp³-hybridized carbons (Fsp3) is 0.0357. The van der Waals surface area contributed by atoms with Crippen molar-refractivity contribution in [3.8, 4) is 39.6 Å². The quantitative estimate of drug-likeness (QED) is 0.439. The van der Waals surface area contributed by atoms with Crippen molar-refractivity contribution in [1.29, 1.82) is 5.26 Å². The molecule has 0 bridgehead atoms. The molecule has 0 aliphatic carbocycles. The zero-order chi connectivity index (χ0) is 22.8. The van der Waals surface area contributed by atoms with Crippen LogP contribution in [0.4, 0.5) is 0 Å². The highest BCUT2D eigenvalue weighted by molar-refractivity contribution is 5.98. The lowest BCUT2D eigenvalue weighted by Crippen LogP contribution is -2.47. The van der Waals surface area contributed by atoms with Gasteiger partial charge in [-0.25, -0.2) is 4.98 Å². The van der Waals surface area contributed by atoms with E-state index >= 15 is 0 Å². The van der Waals surface area contributed by atoms with Gasteiger partial charge in [0, 0.05) is 28.5 Å². The Balaban J connectivity index is 1.81. The number of aromatic amines is 1. The summed E-state index contributed by atoms with van der Waals surface area (Å²) in [5.41, 5.74) is 11.5. The molecule has 0 aliphatic heterocycles. The first kappa shape index (κ1) is 20.4. The number of hydrogen-bond donors (Lipinski definition) is 2. The van der Waals surface area contributed by atoms with E-state index in [1.165, 1.54) is 0 Å². The summed E-state index contributed by atoms with van der Waals surface area (Å²) in [6.07, 6.45) is 1.69. The molecule has 0 fully saturated rings. The van der Waals surface area contributed by atoms with E-state index in [0.717, 1.165) is 45.6 Å². The molecule has 0 unspecified atom stereocenters. The molecule has 0 saturated heterocycles. The average Bonchev–Trinajstić information content (AvgIpc) is 2.89. The molecule has 0 saturated carbocycles. The van der Waals surface area contributed by atoms with Crippen LogP contribution in [-0.2, 0) is 6.54 Å². The number of pyridine rings is 2. The normalized spacial score (nSPS) is 10.8. The molecule has 5 heteroatoms. The smallest absolute Gasteiger partial charge is 0.257 e. The van der Waals surface area contributed by atoms with Crippen LogP contribution in [0.3, 0.4) is 0 Å². The first-order valence-corrected chi connectivity index (χ1v) is 10.7. The molecule has 0 amide bonds. The van der Waals surface area contributed by atoms with Crippen molar-refractivity contribution >= 4 is 10.9 Å². The third kappa shape index (κ3) is 3.80. The third-order valence-corrected chi connectivity index (χ3v) is 5.80. The minimum absolute atomic E-state index is 0.189. The Hall–Kier alpha value is -4.53. The second kappa shape index (κ2) is 8.54. The number of nitrogens with one attached hydrogen (secondary N) is 1. The summed E-state index contributed by atoms with van der Waals surface area (Å²) in [4.78, 5) is 20.7. The fourth-order valence-electron chi connectivity index (χ4n) is 4.01. The van der Waals surface area contributed by atoms with Crippen molar-refractivity contribution in [2.24, 2.45) is 0 Å². The fourth-order valence-corrected chi connectivity index (χ4v) is 4.01. The maximum atomic E-state index is 12.8. The summed E-state index contributed by atoms with van der Waals surface area (Å²) in [7, 11) is 0. The van der Waals surface area contributed by atoms with Crippen LogP contribution in [0.2, 0.25) is 0 Å². The summed E-state index contributed by atoms with van der Waals surface area (Å²) >= 11 is 0. The van der Waals surface area contributed by atoms with Crippen molar-refractivity contribution in [3.63, 3.8) is 0 Å². The number of H-pyrrole nitrogens is 1. The first-order chi connectivity index (χ1) is 16.2. The lowest BCUT2D eigenvalue weighted by molar-refractivity contribution is -0.386. The van der Waals surface area contributed by atoms with Gasteiger partial charge in [-0.15, -0.1) is 0 Å². The number of rotatable bonds is 4. The Morgan fingerprint density at radius 2 is 1.52 bits per heavy atom. The molecule has 4 N–H and O–H groups in total. The minimum Gasteiger partial charge on any atom is -0.354 e. The summed E-state index contributed by atoms with van der Waals surface area (Å²) < 4.78 is 0. The molecule has 2 heterocycles. The Morgan fingerprint density at radius 1 is 0.848 bits per heavy atom. The number of aromatic nitrogens is 2. The molecule has 3 aromatic carbocycles. The zero-order valence-electron chi connectivity index (χ0n) is 17.9. The van der Waals surface area contributed by atoms with Crippen LogP contribution in [0, 0.1) is 11.3 Å². The Morgan fingerprint density at radius 3 is 2.18 bits per heavy atom. The molecule has 5 aromatic rings. The summed E-state index contributed by atoms with van der Waals surface area (Å²) in [5.74, 6) is 0. The van der Waals surface area contributed by atoms with Crippen molar-refractivity contribution < 1.29 is 5.73 Å². The predicted octanol–water partition coefficient (Wildman–Crippen LogP) is 4.54. The molecular weight excluding hydrogens is 408 g/mol. The van der Waals surface area contributed by atoms with Gasteiger partial charge >= 0.3 is 0 Å². The molecular formula is C28H21N4O+. The Kier molecular flexibility index (Phi) is 5.27. The van der Waals surface area contributed by atoms with E-state index in [4.69, 9.17) is 10.2 Å². The van der Waals surface area contributed by atoms with Gasteiger partial charge in [-0.1, -0.05) is 66.7 Å². The van der Waals surface area contributed by atoms with E-state index in [0.29, 0.717) is 16.5 Å². The van der Waals surface area contributed by atoms with E-state index in [9.17, 15) is 4.79 Å². The monoisotopic (exact) mass is 429 g/mol. The molecule has 158 valence electrons. The van der Waals surface area contributed by atoms with Gasteiger partial charge in [0.15, 0.2) is 0 Å². The van der Waals surface area contributed by atoms with Gasteiger partial charge in [0.25, 0.3) is 5.56 Å². The number of quaternary nitrogens is 1. The molecule has 5 nitrogen and oxygen atoms in total. The van der Waals surface area contributed by atoms with Crippen LogP contribution in [-0.4, -0.2) is 9.97 Å². The molecule has 0 spiro atoms. The van der Waals surface area contributed by atoms with Crippen LogP contribution in [0.1, 0.15) is 11.1 Å². The van der Waals surface area contributed by atoms with E-state index in [-0.39, 0.29) is 5.56 Å². The standard InChI is InChI=1S/C28H20N4O/c29-15-18-6-10-21(11-7-18)25-17-31-28(33)24-14-23(20-4-2-1-3-5-20)26(32-27(24)25)22-12-8-19(16-30)9-13-22/h1-14,17H,16,30H2,(H,31,33)/p+1. The van der Waals surface area contributed by atoms with Gasteiger partial charge in [-0.3, -0.25) is 4.79 Å². The number of nitrogens with zero attached hydrogens (tertiary/aromatic N) is 2. The number of benzene rings is 3. The highest BCUT2D eigenvalue weighted by atomic mass is 16.1. The Labute approximate surface area is 190 Å². The first-order valence-electron chi connectivity index (χ1n) is 10.7. The second-order valence-corrected chi connectivity index (χ2v) is 7.81. The molecule has 0 atom stereocenters. The lowest BCUT2D eigenvalue weighted by atomic mass is 9.95. The van der Waals surface area contributed by atoms with Crippen LogP contribution >= 0.6 is 0 Å². The van der Waals surface area contributed by atoms with Gasteiger partial charge in [-0.2, -0.15) is 5.26 Å². The zero-order valence-corrected chi connectivity index (χ0v) is 17.9. The maximum absolute atomic E-state index is 12.8. The summed E-state index contributed by atoms with van der Waals surface area (Å²) in [5, 5.41) is 9.65. The summed E-state index contributed by atoms with van der Waals surface area (Å²) in [6, 6.07) is 29.5. The topological polar surface area (TPSA) is 97.2 Å². The lowest BCUT2D eigenvalue weighted by Gasteiger charge is -2.14. The SMILES string of the molecule is N#Cc1ccc(-c2c[nH]c(=O)c3cc(-c4ccccc4)c(-c4ccc(C[NH3+])cc4)nc23)cc1. The highest BCUT2D eigenvalue weighted by Crippen LogP contribution is 2.35. The number of fused-ring (bicyclic) bond motifs is 1. The molecule has 5 rings (SSSR count). The maximum Gasteiger partial charge on any atom is 0.257 e. The van der Waals surface area contributed by atoms with Gasteiger partial charge in [0.2, 0.25) is 0 Å². The van der Waals surface area contributed by atoms with Gasteiger partial charge in [0.05, 0.1) is 34.8 Å². The molecule has 0 aliphatic rings. The predicted molar refractivity (Wildman–Crippen MR) is 130 cm³/mol. The van der Waals surface area contributed by atoms with Crippen molar-refractivity contribution in [2.45, 2.75) is 6.54 Å². The third-order valence-electron chi connectivity index (χ3n) is 5.80. The van der Waals surface area contributed by atoms with Crippen LogP contribution < -0.4 is 11.3 Å². The van der Waals surface area contributed by atoms with Gasteiger partial charge < -0.3 is 10.7 Å². The van der Waals surface area contributed by atoms with E-state index in [2.05, 4.69) is 41.1 Å². The summed E-state index contributed by atoms with van der Waals surface area (Å²) in [6.45, 7) is 0.717. The number of nitriles is 1. The van der Waals surface area contributed by atoms with Crippen molar-refractivity contribution in [1.82, 2.24) is 9.97 Å². The van der Waals surface area contributed by atoms with Gasteiger partial charge in [-0.05, 0) is 29.3 Å². The van der Waals surface area contributed by atoms with Crippen LogP contribution in [0.25, 0.3) is 44.4 Å². The van der Waals surface area contributed by atoms with E-state index in [1.807, 2.05) is 48.5 Å². The minimum atomic E-state index is -0.189. The van der Waals surface area contributed by atoms with Gasteiger partial charge in [0.1, 0.15) is 0 Å². The number of hydrogen-bond acceptors (Lipinski definition) is 3. The highest BCUT2D eigenvalue weighted by Gasteiger charge is 2.16. The van der Waals surface area contributed by atoms with Crippen molar-refractivity contribution in [3.05, 3.63) is 113 Å². The van der Waals surface area contributed by atoms with E-state index in [1.54, 1.807) is 18.3 Å². The molecule has 33 heavy (non-hydrogen) atoms. The van der Waals surface area contributed by atoms with Crippen LogP contribution in [0.5, 0.6) is 0 Å². The Bertz CT molecular complexity index is 1550. The largest absolute Gasteiger partial charge is 0.354 e. The molecule has 2 aromatic heterocycles. The van der Waals surface area contributed by atoms with Crippen LogP contribution in [0.15, 0.2) is 95.9 Å².